The molecule has 1 aliphatic rings. The van der Waals surface area contributed by atoms with Gasteiger partial charge in [0.2, 0.25) is 6.29 Å². The Hall–Kier alpha value is -1.85. The van der Waals surface area contributed by atoms with E-state index >= 15 is 0 Å². The van der Waals surface area contributed by atoms with E-state index in [2.05, 4.69) is 11.9 Å². The van der Waals surface area contributed by atoms with E-state index in [1.807, 2.05) is 24.3 Å². The summed E-state index contributed by atoms with van der Waals surface area (Å²) in [5.41, 5.74) is 2.22. The Morgan fingerprint density at radius 3 is 2.12 bits per heavy atom. The minimum atomic E-state index is -0.787. The Morgan fingerprint density at radius 2 is 1.48 bits per heavy atom. The first kappa shape index (κ1) is 25.8. The molecule has 0 bridgehead atoms. The van der Waals surface area contributed by atoms with Crippen LogP contribution >= 0.6 is 11.6 Å². The van der Waals surface area contributed by atoms with E-state index in [-0.39, 0.29) is 5.03 Å². The Kier molecular flexibility index (Phi) is 11.3. The second-order valence-corrected chi connectivity index (χ2v) is 9.38. The van der Waals surface area contributed by atoms with Gasteiger partial charge in [-0.3, -0.25) is 4.57 Å². The maximum Gasteiger partial charge on any atom is 0.354 e. The molecule has 0 aliphatic carbocycles. The molecular weight excluding hydrogens is 436 g/mol. The summed E-state index contributed by atoms with van der Waals surface area (Å²) in [6, 6.07) is 7.71. The third-order valence-electron chi connectivity index (χ3n) is 6.32. The van der Waals surface area contributed by atoms with Crippen molar-refractivity contribution in [3.05, 3.63) is 35.6 Å². The molecule has 2 aromatic rings. The number of carbonyl (C=O) groups is 1. The van der Waals surface area contributed by atoms with Crippen LogP contribution in [0.15, 0.2) is 35.6 Å². The van der Waals surface area contributed by atoms with E-state index in [1.165, 1.54) is 77.0 Å². The molecule has 0 fully saturated rings. The largest absolute Gasteiger partial charge is 0.425 e. The number of halogens is 1. The van der Waals surface area contributed by atoms with Crippen molar-refractivity contribution in [2.45, 2.75) is 103 Å². The van der Waals surface area contributed by atoms with Crippen LogP contribution in [0.4, 0.5) is 0 Å². The molecular formula is C27H39ClN2O3. The van der Waals surface area contributed by atoms with Gasteiger partial charge >= 0.3 is 5.97 Å². The summed E-state index contributed by atoms with van der Waals surface area (Å²) in [5, 5.41) is 0.0594. The van der Waals surface area contributed by atoms with Gasteiger partial charge in [0, 0.05) is 0 Å². The van der Waals surface area contributed by atoms with E-state index in [1.54, 1.807) is 10.9 Å². The minimum absolute atomic E-state index is 0.0594. The van der Waals surface area contributed by atoms with Crippen LogP contribution in [0.25, 0.3) is 16.7 Å². The first-order valence-corrected chi connectivity index (χ1v) is 13.2. The number of aromatic nitrogens is 2. The van der Waals surface area contributed by atoms with Gasteiger partial charge in [-0.05, 0) is 18.6 Å². The first-order chi connectivity index (χ1) is 16.2. The van der Waals surface area contributed by atoms with Crippen LogP contribution in [0.2, 0.25) is 0 Å². The van der Waals surface area contributed by atoms with Crippen molar-refractivity contribution in [3.63, 3.8) is 0 Å². The summed E-state index contributed by atoms with van der Waals surface area (Å²) in [6.45, 7) is 2.81. The highest BCUT2D eigenvalue weighted by molar-refractivity contribution is 6.44. The number of imidazole rings is 1. The van der Waals surface area contributed by atoms with E-state index in [0.29, 0.717) is 12.3 Å². The normalized spacial score (nSPS) is 16.2. The standard InChI is InChI=1S/C27H39ClN2O3/c1-2-3-4-5-6-7-8-9-10-11-12-13-14-17-20-32-27-25(24(28)26(31)33-27)30-21-29-22-18-15-16-19-23(22)30/h15-16,18-19,21,27H,2-14,17,20H2,1H3. The zero-order valence-electron chi connectivity index (χ0n) is 20.1. The number of unbranched alkanes of at least 4 members (excludes halogenated alkanes) is 13. The van der Waals surface area contributed by atoms with Crippen LogP contribution in [0.5, 0.6) is 0 Å². The van der Waals surface area contributed by atoms with Gasteiger partial charge in [-0.1, -0.05) is 114 Å². The molecule has 182 valence electrons. The highest BCUT2D eigenvalue weighted by Crippen LogP contribution is 2.32. The number of benzene rings is 1. The molecule has 0 amide bonds. The molecule has 5 nitrogen and oxygen atoms in total. The molecule has 33 heavy (non-hydrogen) atoms. The number of fused-ring (bicyclic) bond motifs is 1. The van der Waals surface area contributed by atoms with E-state index in [4.69, 9.17) is 21.1 Å². The van der Waals surface area contributed by atoms with Crippen molar-refractivity contribution >= 4 is 34.3 Å². The fourth-order valence-corrected chi connectivity index (χ4v) is 4.61. The monoisotopic (exact) mass is 474 g/mol. The molecule has 1 aliphatic heterocycles. The number of nitrogens with zero attached hydrogens (tertiary/aromatic N) is 2. The minimum Gasteiger partial charge on any atom is -0.425 e. The third kappa shape index (κ3) is 7.86. The molecule has 2 heterocycles. The van der Waals surface area contributed by atoms with Gasteiger partial charge < -0.3 is 9.47 Å². The fraction of sp³-hybridized carbons (Fsp3) is 0.630. The predicted molar refractivity (Wildman–Crippen MR) is 135 cm³/mol. The molecule has 0 saturated carbocycles. The summed E-state index contributed by atoms with van der Waals surface area (Å²) in [4.78, 5) is 16.4. The number of ether oxygens (including phenoxy) is 2. The van der Waals surface area contributed by atoms with Crippen LogP contribution in [0.3, 0.4) is 0 Å². The molecule has 0 N–H and O–H groups in total. The molecule has 0 radical (unpaired) electrons. The van der Waals surface area contributed by atoms with Crippen molar-refractivity contribution in [3.8, 4) is 0 Å². The van der Waals surface area contributed by atoms with Gasteiger partial charge in [0.25, 0.3) is 0 Å². The van der Waals surface area contributed by atoms with Gasteiger partial charge in [-0.2, -0.15) is 0 Å². The fourth-order valence-electron chi connectivity index (χ4n) is 4.38. The Balaban J connectivity index is 1.27. The van der Waals surface area contributed by atoms with Crippen molar-refractivity contribution in [2.24, 2.45) is 0 Å². The van der Waals surface area contributed by atoms with Crippen LogP contribution in [-0.4, -0.2) is 28.4 Å². The number of carbonyl (C=O) groups excluding carboxylic acids is 1. The van der Waals surface area contributed by atoms with Crippen molar-refractivity contribution < 1.29 is 14.3 Å². The average molecular weight is 475 g/mol. The smallest absolute Gasteiger partial charge is 0.354 e. The molecule has 0 saturated heterocycles. The van der Waals surface area contributed by atoms with Gasteiger partial charge in [-0.25, -0.2) is 9.78 Å². The second-order valence-electron chi connectivity index (χ2n) is 9.01. The van der Waals surface area contributed by atoms with Crippen LogP contribution in [0.1, 0.15) is 96.8 Å². The topological polar surface area (TPSA) is 53.4 Å². The Labute approximate surface area is 203 Å². The molecule has 6 heteroatoms. The number of cyclic esters (lactones) is 1. The molecule has 3 rings (SSSR count). The highest BCUT2D eigenvalue weighted by atomic mass is 35.5. The van der Waals surface area contributed by atoms with Gasteiger partial charge in [0.15, 0.2) is 5.03 Å². The van der Waals surface area contributed by atoms with Crippen LogP contribution in [0, 0.1) is 0 Å². The number of esters is 1. The quantitative estimate of drug-likeness (QED) is 0.173. The third-order valence-corrected chi connectivity index (χ3v) is 6.67. The molecule has 1 aromatic carbocycles. The van der Waals surface area contributed by atoms with Gasteiger partial charge in [0.1, 0.15) is 12.0 Å². The zero-order valence-corrected chi connectivity index (χ0v) is 20.8. The molecule has 1 unspecified atom stereocenters. The number of para-hydroxylation sites is 2. The van der Waals surface area contributed by atoms with Crippen molar-refractivity contribution in [2.75, 3.05) is 6.61 Å². The van der Waals surface area contributed by atoms with E-state index in [9.17, 15) is 4.79 Å². The SMILES string of the molecule is CCCCCCCCCCCCCCCCOC1OC(=O)C(Cl)=C1n1cnc2ccccc21. The predicted octanol–water partition coefficient (Wildman–Crippen LogP) is 7.82. The van der Waals surface area contributed by atoms with Crippen LogP contribution in [-0.2, 0) is 14.3 Å². The number of rotatable bonds is 17. The lowest BCUT2D eigenvalue weighted by Crippen LogP contribution is -2.19. The Morgan fingerprint density at radius 1 is 0.909 bits per heavy atom. The van der Waals surface area contributed by atoms with E-state index < -0.39 is 12.3 Å². The first-order valence-electron chi connectivity index (χ1n) is 12.9. The zero-order chi connectivity index (χ0) is 23.3. The summed E-state index contributed by atoms with van der Waals surface area (Å²) in [6.07, 6.45) is 19.3. The summed E-state index contributed by atoms with van der Waals surface area (Å²) in [5.74, 6) is -0.546. The van der Waals surface area contributed by atoms with Gasteiger partial charge in [0.05, 0.1) is 17.6 Å². The lowest BCUT2D eigenvalue weighted by atomic mass is 10.0. The number of hydrogen-bond donors (Lipinski definition) is 0. The summed E-state index contributed by atoms with van der Waals surface area (Å²) >= 11 is 6.26. The van der Waals surface area contributed by atoms with Crippen LogP contribution < -0.4 is 0 Å². The Bertz CT molecular complexity index is 892. The highest BCUT2D eigenvalue weighted by Gasteiger charge is 2.36. The second kappa shape index (κ2) is 14.4. The molecule has 0 spiro atoms. The maximum absolute atomic E-state index is 12.1. The lowest BCUT2D eigenvalue weighted by Gasteiger charge is -2.16. The molecule has 1 atom stereocenters. The number of hydrogen-bond acceptors (Lipinski definition) is 4. The van der Waals surface area contributed by atoms with Crippen molar-refractivity contribution in [1.29, 1.82) is 0 Å². The van der Waals surface area contributed by atoms with Gasteiger partial charge in [-0.15, -0.1) is 0 Å². The lowest BCUT2D eigenvalue weighted by molar-refractivity contribution is -0.157. The average Bonchev–Trinajstić information content (AvgIpc) is 3.36. The van der Waals surface area contributed by atoms with Crippen molar-refractivity contribution in [1.82, 2.24) is 9.55 Å². The summed E-state index contributed by atoms with van der Waals surface area (Å²) < 4.78 is 13.1. The summed E-state index contributed by atoms with van der Waals surface area (Å²) in [7, 11) is 0. The molecule has 1 aromatic heterocycles. The van der Waals surface area contributed by atoms with E-state index in [0.717, 1.165) is 23.9 Å². The maximum atomic E-state index is 12.1.